The summed E-state index contributed by atoms with van der Waals surface area (Å²) in [5.74, 6) is -0.760. The second-order valence-electron chi connectivity index (χ2n) is 5.77. The van der Waals surface area contributed by atoms with Crippen molar-refractivity contribution in [2.75, 3.05) is 6.61 Å². The Labute approximate surface area is 125 Å². The van der Waals surface area contributed by atoms with Gasteiger partial charge >= 0.3 is 5.97 Å². The van der Waals surface area contributed by atoms with Gasteiger partial charge in [0.05, 0.1) is 10.6 Å². The van der Waals surface area contributed by atoms with Crippen LogP contribution in [0.3, 0.4) is 0 Å². The van der Waals surface area contributed by atoms with E-state index in [1.165, 1.54) is 6.07 Å². The molecule has 0 radical (unpaired) electrons. The summed E-state index contributed by atoms with van der Waals surface area (Å²) in [6.07, 6.45) is 2.81. The molecule has 1 saturated carbocycles. The molecule has 2 atom stereocenters. The van der Waals surface area contributed by atoms with Crippen LogP contribution in [0.4, 0.5) is 4.39 Å². The van der Waals surface area contributed by atoms with Crippen LogP contribution in [0.5, 0.6) is 0 Å². The normalized spacial score (nSPS) is 29.6. The fourth-order valence-corrected chi connectivity index (χ4v) is 3.59. The van der Waals surface area contributed by atoms with Gasteiger partial charge in [0.25, 0.3) is 0 Å². The van der Waals surface area contributed by atoms with Crippen LogP contribution in [0.25, 0.3) is 0 Å². The van der Waals surface area contributed by atoms with Gasteiger partial charge in [-0.3, -0.25) is 4.79 Å². The fraction of sp³-hybridized carbons (Fsp3) is 0.533. The second kappa shape index (κ2) is 5.11. The van der Waals surface area contributed by atoms with E-state index in [0.29, 0.717) is 29.8 Å². The number of hydrogen-bond acceptors (Lipinski definition) is 2. The van der Waals surface area contributed by atoms with Crippen LogP contribution < -0.4 is 0 Å². The van der Waals surface area contributed by atoms with Gasteiger partial charge in [-0.2, -0.15) is 0 Å². The summed E-state index contributed by atoms with van der Waals surface area (Å²) in [6.45, 7) is 0.496. The van der Waals surface area contributed by atoms with Gasteiger partial charge in [-0.15, -0.1) is 0 Å². The third-order valence-electron chi connectivity index (χ3n) is 4.37. The molecule has 3 rings (SSSR count). The topological polar surface area (TPSA) is 46.5 Å². The molecule has 2 unspecified atom stereocenters. The zero-order valence-electron chi connectivity index (χ0n) is 10.9. The molecule has 2 fully saturated rings. The molecule has 1 N–H and O–H groups in total. The first-order valence-corrected chi connectivity index (χ1v) is 7.61. The summed E-state index contributed by atoms with van der Waals surface area (Å²) in [6, 6.07) is 4.70. The SMILES string of the molecule is O=C(O)C1(Cc2ccc(F)c(Br)c2)CCOC1C1CC1. The summed E-state index contributed by atoms with van der Waals surface area (Å²) >= 11 is 3.15. The van der Waals surface area contributed by atoms with Crippen LogP contribution in [0.1, 0.15) is 24.8 Å². The molecule has 20 heavy (non-hydrogen) atoms. The third-order valence-corrected chi connectivity index (χ3v) is 4.98. The van der Waals surface area contributed by atoms with Gasteiger partial charge in [-0.05, 0) is 65.2 Å². The first-order valence-electron chi connectivity index (χ1n) is 6.82. The highest BCUT2D eigenvalue weighted by atomic mass is 79.9. The maximum Gasteiger partial charge on any atom is 0.312 e. The first kappa shape index (κ1) is 14.0. The highest BCUT2D eigenvalue weighted by molar-refractivity contribution is 9.10. The minimum absolute atomic E-state index is 0.205. The Kier molecular flexibility index (Phi) is 3.58. The van der Waals surface area contributed by atoms with Gasteiger partial charge in [-0.25, -0.2) is 4.39 Å². The molecule has 0 aromatic heterocycles. The number of ether oxygens (including phenoxy) is 1. The molecular formula is C15H16BrFO3. The standard InChI is InChI=1S/C15H16BrFO3/c16-11-7-9(1-4-12(11)17)8-15(14(18)19)5-6-20-13(15)10-2-3-10/h1,4,7,10,13H,2-3,5-6,8H2,(H,18,19). The Morgan fingerprint density at radius 2 is 2.25 bits per heavy atom. The van der Waals surface area contributed by atoms with Crippen molar-refractivity contribution in [1.82, 2.24) is 0 Å². The fourth-order valence-electron chi connectivity index (χ4n) is 3.16. The van der Waals surface area contributed by atoms with Gasteiger partial charge in [0.2, 0.25) is 0 Å². The Morgan fingerprint density at radius 1 is 1.50 bits per heavy atom. The lowest BCUT2D eigenvalue weighted by Gasteiger charge is -2.30. The lowest BCUT2D eigenvalue weighted by Crippen LogP contribution is -2.42. The van der Waals surface area contributed by atoms with Gasteiger partial charge in [0.1, 0.15) is 11.2 Å². The summed E-state index contributed by atoms with van der Waals surface area (Å²) in [4.78, 5) is 11.9. The van der Waals surface area contributed by atoms with Crippen molar-refractivity contribution >= 4 is 21.9 Å². The van der Waals surface area contributed by atoms with E-state index in [9.17, 15) is 14.3 Å². The van der Waals surface area contributed by atoms with E-state index in [1.54, 1.807) is 12.1 Å². The molecule has 0 bridgehead atoms. The lowest BCUT2D eigenvalue weighted by molar-refractivity contribution is -0.153. The van der Waals surface area contributed by atoms with E-state index < -0.39 is 11.4 Å². The van der Waals surface area contributed by atoms with Crippen LogP contribution in [0.15, 0.2) is 22.7 Å². The summed E-state index contributed by atoms with van der Waals surface area (Å²) < 4.78 is 19.4. The highest BCUT2D eigenvalue weighted by Crippen LogP contribution is 2.49. The summed E-state index contributed by atoms with van der Waals surface area (Å²) in [5.41, 5.74) is -0.0323. The number of benzene rings is 1. The van der Waals surface area contributed by atoms with Crippen molar-refractivity contribution in [3.05, 3.63) is 34.1 Å². The van der Waals surface area contributed by atoms with Crippen molar-refractivity contribution in [2.45, 2.75) is 31.8 Å². The van der Waals surface area contributed by atoms with Crippen molar-refractivity contribution in [3.8, 4) is 0 Å². The van der Waals surface area contributed by atoms with Gasteiger partial charge in [0, 0.05) is 6.61 Å². The Hall–Kier alpha value is -0.940. The molecule has 1 aliphatic carbocycles. The van der Waals surface area contributed by atoms with Crippen LogP contribution in [-0.4, -0.2) is 23.8 Å². The van der Waals surface area contributed by atoms with Crippen LogP contribution in [-0.2, 0) is 16.0 Å². The summed E-state index contributed by atoms with van der Waals surface area (Å²) in [7, 11) is 0. The van der Waals surface area contributed by atoms with Crippen LogP contribution in [0, 0.1) is 17.2 Å². The molecule has 1 aromatic rings. The zero-order valence-corrected chi connectivity index (χ0v) is 12.5. The predicted octanol–water partition coefficient (Wildman–Crippen LogP) is 3.40. The molecule has 108 valence electrons. The van der Waals surface area contributed by atoms with E-state index in [2.05, 4.69) is 15.9 Å². The average Bonchev–Trinajstić information content (AvgIpc) is 3.15. The lowest BCUT2D eigenvalue weighted by atomic mass is 9.74. The number of aliphatic carboxylic acids is 1. The molecule has 5 heteroatoms. The largest absolute Gasteiger partial charge is 0.481 e. The Bertz CT molecular complexity index is 544. The predicted molar refractivity (Wildman–Crippen MR) is 75.0 cm³/mol. The van der Waals surface area contributed by atoms with Crippen molar-refractivity contribution in [3.63, 3.8) is 0 Å². The van der Waals surface area contributed by atoms with Crippen molar-refractivity contribution in [1.29, 1.82) is 0 Å². The quantitative estimate of drug-likeness (QED) is 0.912. The van der Waals surface area contributed by atoms with Gasteiger partial charge < -0.3 is 9.84 Å². The molecule has 1 aromatic carbocycles. The minimum Gasteiger partial charge on any atom is -0.481 e. The third kappa shape index (κ3) is 2.37. The second-order valence-corrected chi connectivity index (χ2v) is 6.62. The monoisotopic (exact) mass is 342 g/mol. The first-order chi connectivity index (χ1) is 9.53. The van der Waals surface area contributed by atoms with Gasteiger partial charge in [0.15, 0.2) is 0 Å². The molecule has 3 nitrogen and oxygen atoms in total. The molecule has 2 aliphatic rings. The Morgan fingerprint density at radius 3 is 2.85 bits per heavy atom. The smallest absolute Gasteiger partial charge is 0.312 e. The number of carbonyl (C=O) groups is 1. The molecule has 1 aliphatic heterocycles. The maximum absolute atomic E-state index is 13.3. The van der Waals surface area contributed by atoms with E-state index in [-0.39, 0.29) is 11.9 Å². The average molecular weight is 343 g/mol. The van der Waals surface area contributed by atoms with Crippen LogP contribution >= 0.6 is 15.9 Å². The van der Waals surface area contributed by atoms with Crippen molar-refractivity contribution in [2.24, 2.45) is 11.3 Å². The van der Waals surface area contributed by atoms with E-state index >= 15 is 0 Å². The molecule has 1 heterocycles. The molecule has 0 amide bonds. The van der Waals surface area contributed by atoms with E-state index in [0.717, 1.165) is 18.4 Å². The maximum atomic E-state index is 13.3. The van der Waals surface area contributed by atoms with Crippen molar-refractivity contribution < 1.29 is 19.0 Å². The van der Waals surface area contributed by atoms with E-state index in [4.69, 9.17) is 4.74 Å². The van der Waals surface area contributed by atoms with Crippen LogP contribution in [0.2, 0.25) is 0 Å². The number of rotatable bonds is 4. The number of halogens is 2. The van der Waals surface area contributed by atoms with Gasteiger partial charge in [-0.1, -0.05) is 6.07 Å². The zero-order chi connectivity index (χ0) is 14.3. The number of carboxylic acids is 1. The molecule has 0 spiro atoms. The highest BCUT2D eigenvalue weighted by Gasteiger charge is 2.55. The molecule has 1 saturated heterocycles. The number of hydrogen-bond donors (Lipinski definition) is 1. The summed E-state index contributed by atoms with van der Waals surface area (Å²) in [5, 5.41) is 9.73. The Balaban J connectivity index is 1.90. The number of carboxylic acid groups (broad SMARTS) is 1. The molecular weight excluding hydrogens is 327 g/mol. The van der Waals surface area contributed by atoms with E-state index in [1.807, 2.05) is 0 Å². The minimum atomic E-state index is -0.863.